The second kappa shape index (κ2) is 6.27. The molecule has 0 bridgehead atoms. The van der Waals surface area contributed by atoms with Gasteiger partial charge in [0.15, 0.2) is 5.13 Å². The average molecular weight is 350 g/mol. The van der Waals surface area contributed by atoms with Gasteiger partial charge in [-0.05, 0) is 26.1 Å². The predicted molar refractivity (Wildman–Crippen MR) is 81.8 cm³/mol. The lowest BCUT2D eigenvalue weighted by Crippen LogP contribution is -2.17. The van der Waals surface area contributed by atoms with Crippen molar-refractivity contribution in [1.29, 1.82) is 0 Å². The molecule has 0 unspecified atom stereocenters. The van der Waals surface area contributed by atoms with Gasteiger partial charge < -0.3 is 5.32 Å². The molecule has 2 rings (SSSR count). The van der Waals surface area contributed by atoms with Crippen molar-refractivity contribution in [1.82, 2.24) is 10.3 Å². The van der Waals surface area contributed by atoms with Crippen LogP contribution in [0.1, 0.15) is 11.3 Å². The van der Waals surface area contributed by atoms with Crippen molar-refractivity contribution in [3.63, 3.8) is 0 Å². The van der Waals surface area contributed by atoms with E-state index in [4.69, 9.17) is 11.6 Å². The highest BCUT2D eigenvalue weighted by atomic mass is 35.5. The molecule has 0 amide bonds. The monoisotopic (exact) mass is 349 g/mol. The number of benzene rings is 1. The first kappa shape index (κ1) is 16.2. The van der Waals surface area contributed by atoms with E-state index in [0.29, 0.717) is 5.69 Å². The molecule has 0 radical (unpaired) electrons. The van der Waals surface area contributed by atoms with Gasteiger partial charge in [0.25, 0.3) is 10.0 Å². The number of sulfonamides is 1. The van der Waals surface area contributed by atoms with E-state index < -0.39 is 20.7 Å². The zero-order valence-corrected chi connectivity index (χ0v) is 13.7. The summed E-state index contributed by atoms with van der Waals surface area (Å²) in [6, 6.07) is 2.47. The van der Waals surface area contributed by atoms with E-state index in [1.807, 2.05) is 0 Å². The summed E-state index contributed by atoms with van der Waals surface area (Å²) >= 11 is 7.00. The van der Waals surface area contributed by atoms with Crippen LogP contribution in [0.25, 0.3) is 0 Å². The van der Waals surface area contributed by atoms with Crippen molar-refractivity contribution in [3.05, 3.63) is 39.6 Å². The molecule has 9 heteroatoms. The van der Waals surface area contributed by atoms with Crippen LogP contribution in [0.15, 0.2) is 22.4 Å². The fourth-order valence-corrected chi connectivity index (χ4v) is 4.10. The van der Waals surface area contributed by atoms with E-state index in [1.165, 1.54) is 6.07 Å². The van der Waals surface area contributed by atoms with E-state index in [2.05, 4.69) is 15.0 Å². The third kappa shape index (κ3) is 3.70. The minimum absolute atomic E-state index is 0.150. The molecule has 0 spiro atoms. The SMILES string of the molecule is CNCc1cc(Cl)cc(S(=O)(=O)Nc2nc(C)cs2)c1F. The maximum atomic E-state index is 14.3. The van der Waals surface area contributed by atoms with E-state index in [1.54, 1.807) is 19.4 Å². The number of nitrogens with one attached hydrogen (secondary N) is 2. The van der Waals surface area contributed by atoms with Crippen molar-refractivity contribution >= 4 is 38.1 Å². The molecule has 0 saturated carbocycles. The Kier molecular flexibility index (Phi) is 4.82. The van der Waals surface area contributed by atoms with Crippen molar-refractivity contribution in [2.45, 2.75) is 18.4 Å². The van der Waals surface area contributed by atoms with Crippen LogP contribution in [-0.2, 0) is 16.6 Å². The molecule has 0 fully saturated rings. The van der Waals surface area contributed by atoms with E-state index >= 15 is 0 Å². The highest BCUT2D eigenvalue weighted by Gasteiger charge is 2.23. The molecule has 1 aromatic carbocycles. The van der Waals surface area contributed by atoms with Crippen molar-refractivity contribution in [3.8, 4) is 0 Å². The Morgan fingerprint density at radius 2 is 2.14 bits per heavy atom. The van der Waals surface area contributed by atoms with Crippen LogP contribution in [0, 0.1) is 12.7 Å². The maximum absolute atomic E-state index is 14.3. The molecule has 0 aliphatic rings. The van der Waals surface area contributed by atoms with Crippen LogP contribution in [0.5, 0.6) is 0 Å². The van der Waals surface area contributed by atoms with Gasteiger partial charge in [0.05, 0.1) is 5.69 Å². The number of rotatable bonds is 5. The number of aryl methyl sites for hydroxylation is 1. The van der Waals surface area contributed by atoms with Crippen LogP contribution in [0.2, 0.25) is 5.02 Å². The first-order chi connectivity index (χ1) is 9.83. The number of halogens is 2. The van der Waals surface area contributed by atoms with Crippen molar-refractivity contribution < 1.29 is 12.8 Å². The zero-order valence-electron chi connectivity index (χ0n) is 11.3. The molecule has 2 aromatic rings. The van der Waals surface area contributed by atoms with E-state index in [0.717, 1.165) is 17.4 Å². The number of hydrogen-bond donors (Lipinski definition) is 2. The molecular weight excluding hydrogens is 337 g/mol. The van der Waals surface area contributed by atoms with Crippen LogP contribution in [-0.4, -0.2) is 20.4 Å². The molecule has 114 valence electrons. The molecule has 0 saturated heterocycles. The lowest BCUT2D eigenvalue weighted by atomic mass is 10.2. The summed E-state index contributed by atoms with van der Waals surface area (Å²) in [5.41, 5.74) is 0.862. The van der Waals surface area contributed by atoms with E-state index in [9.17, 15) is 12.8 Å². The highest BCUT2D eigenvalue weighted by Crippen LogP contribution is 2.26. The summed E-state index contributed by atoms with van der Waals surface area (Å²) in [7, 11) is -2.45. The number of aromatic nitrogens is 1. The molecule has 0 aliphatic carbocycles. The molecule has 1 aromatic heterocycles. The first-order valence-corrected chi connectivity index (χ1v) is 8.65. The molecule has 2 N–H and O–H groups in total. The average Bonchev–Trinajstić information content (AvgIpc) is 2.78. The van der Waals surface area contributed by atoms with Gasteiger partial charge in [0, 0.05) is 22.5 Å². The van der Waals surface area contributed by atoms with Gasteiger partial charge in [-0.1, -0.05) is 11.6 Å². The number of anilines is 1. The second-order valence-electron chi connectivity index (χ2n) is 4.31. The quantitative estimate of drug-likeness (QED) is 0.870. The second-order valence-corrected chi connectivity index (χ2v) is 7.25. The Balaban J connectivity index is 2.44. The summed E-state index contributed by atoms with van der Waals surface area (Å²) in [4.78, 5) is 3.50. The lowest BCUT2D eigenvalue weighted by molar-refractivity contribution is 0.556. The van der Waals surface area contributed by atoms with Gasteiger partial charge in [-0.15, -0.1) is 11.3 Å². The smallest absolute Gasteiger partial charge is 0.266 e. The Labute approximate surface area is 131 Å². The molecule has 0 aliphatic heterocycles. The highest BCUT2D eigenvalue weighted by molar-refractivity contribution is 7.93. The normalized spacial score (nSPS) is 11.6. The van der Waals surface area contributed by atoms with Gasteiger partial charge >= 0.3 is 0 Å². The topological polar surface area (TPSA) is 71.1 Å². The first-order valence-electron chi connectivity index (χ1n) is 5.91. The van der Waals surface area contributed by atoms with Gasteiger partial charge in [-0.25, -0.2) is 17.8 Å². The Morgan fingerprint density at radius 1 is 1.43 bits per heavy atom. The maximum Gasteiger partial charge on any atom is 0.266 e. The van der Waals surface area contributed by atoms with Crippen molar-refractivity contribution in [2.24, 2.45) is 0 Å². The summed E-state index contributed by atoms with van der Waals surface area (Å²) < 4.78 is 41.1. The predicted octanol–water partition coefficient (Wildman–Crippen LogP) is 2.76. The molecule has 21 heavy (non-hydrogen) atoms. The lowest BCUT2D eigenvalue weighted by Gasteiger charge is -2.10. The third-order valence-electron chi connectivity index (χ3n) is 2.58. The molecule has 5 nitrogen and oxygen atoms in total. The standard InChI is InChI=1S/C12H13ClFN3O2S2/c1-7-6-20-12(16-7)17-21(18,19)10-4-9(13)3-8(5-15-2)11(10)14/h3-4,6,15H,5H2,1-2H3,(H,16,17). The van der Waals surface area contributed by atoms with Gasteiger partial charge in [-0.2, -0.15) is 0 Å². The Hall–Kier alpha value is -1.22. The number of nitrogens with zero attached hydrogens (tertiary/aromatic N) is 1. The zero-order chi connectivity index (χ0) is 15.6. The van der Waals surface area contributed by atoms with Gasteiger partial charge in [0.2, 0.25) is 0 Å². The van der Waals surface area contributed by atoms with Crippen molar-refractivity contribution in [2.75, 3.05) is 11.8 Å². The summed E-state index contributed by atoms with van der Waals surface area (Å²) in [5, 5.41) is 4.79. The third-order valence-corrected chi connectivity index (χ3v) is 5.14. The summed E-state index contributed by atoms with van der Waals surface area (Å²) in [6.07, 6.45) is 0. The summed E-state index contributed by atoms with van der Waals surface area (Å²) in [6.45, 7) is 1.91. The minimum atomic E-state index is -4.08. The Bertz CT molecular complexity index is 762. The molecule has 0 atom stereocenters. The van der Waals surface area contributed by atoms with E-state index in [-0.39, 0.29) is 22.3 Å². The Morgan fingerprint density at radius 3 is 2.71 bits per heavy atom. The largest absolute Gasteiger partial charge is 0.316 e. The van der Waals surface area contributed by atoms with Crippen LogP contribution in [0.3, 0.4) is 0 Å². The molecular formula is C12H13ClFN3O2S2. The minimum Gasteiger partial charge on any atom is -0.316 e. The number of thiazole rings is 1. The van der Waals surface area contributed by atoms with Gasteiger partial charge in [0.1, 0.15) is 10.7 Å². The fourth-order valence-electron chi connectivity index (χ4n) is 1.70. The summed E-state index contributed by atoms with van der Waals surface area (Å²) in [5.74, 6) is -0.825. The van der Waals surface area contributed by atoms with Crippen LogP contribution in [0.4, 0.5) is 9.52 Å². The van der Waals surface area contributed by atoms with Crippen LogP contribution < -0.4 is 10.0 Å². The number of hydrogen-bond acceptors (Lipinski definition) is 5. The fraction of sp³-hybridized carbons (Fsp3) is 0.250. The molecule has 1 heterocycles. The van der Waals surface area contributed by atoms with Crippen LogP contribution >= 0.6 is 22.9 Å². The van der Waals surface area contributed by atoms with Gasteiger partial charge in [-0.3, -0.25) is 4.72 Å².